The van der Waals surface area contributed by atoms with Crippen molar-refractivity contribution >= 4 is 9.84 Å². The number of rotatable bonds is 5. The molecule has 0 aliphatic rings. The number of sulfone groups is 1. The summed E-state index contributed by atoms with van der Waals surface area (Å²) in [4.78, 5) is 16.5. The first-order chi connectivity index (χ1) is 13.5. The van der Waals surface area contributed by atoms with Crippen molar-refractivity contribution in [3.05, 3.63) is 65.3 Å². The molecule has 0 radical (unpaired) electrons. The van der Waals surface area contributed by atoms with Gasteiger partial charge in [0.2, 0.25) is 5.75 Å². The molecule has 0 amide bonds. The number of pyridine rings is 1. The maximum atomic E-state index is 12.8. The SMILES string of the molecule is CS(=O)(=O)c1ccc(-c2cnn(CC(F)(F)F)c(=O)c2Oc2cccnc2)cc1. The van der Waals surface area contributed by atoms with Crippen LogP contribution in [0.1, 0.15) is 0 Å². The van der Waals surface area contributed by atoms with Crippen molar-refractivity contribution in [2.75, 3.05) is 6.26 Å². The van der Waals surface area contributed by atoms with Gasteiger partial charge in [0.05, 0.1) is 22.9 Å². The van der Waals surface area contributed by atoms with E-state index in [9.17, 15) is 26.4 Å². The Hall–Kier alpha value is -3.21. The third-order valence-electron chi connectivity index (χ3n) is 3.78. The summed E-state index contributed by atoms with van der Waals surface area (Å²) in [7, 11) is -3.44. The lowest BCUT2D eigenvalue weighted by Crippen LogP contribution is -2.30. The first-order valence-corrected chi connectivity index (χ1v) is 9.99. The summed E-state index contributed by atoms with van der Waals surface area (Å²) in [6.45, 7) is -1.58. The fourth-order valence-corrected chi connectivity index (χ4v) is 3.10. The van der Waals surface area contributed by atoms with E-state index in [-0.39, 0.29) is 26.6 Å². The molecule has 0 spiro atoms. The summed E-state index contributed by atoms with van der Waals surface area (Å²) in [5.41, 5.74) is -0.631. The molecule has 0 saturated carbocycles. The molecule has 0 aliphatic heterocycles. The monoisotopic (exact) mass is 425 g/mol. The van der Waals surface area contributed by atoms with Gasteiger partial charge in [-0.2, -0.15) is 18.3 Å². The molecule has 2 aromatic heterocycles. The molecule has 11 heteroatoms. The largest absolute Gasteiger partial charge is 0.449 e. The van der Waals surface area contributed by atoms with Gasteiger partial charge in [0, 0.05) is 12.5 Å². The zero-order valence-electron chi connectivity index (χ0n) is 14.9. The van der Waals surface area contributed by atoms with Gasteiger partial charge in [0.15, 0.2) is 9.84 Å². The highest BCUT2D eigenvalue weighted by Gasteiger charge is 2.30. The molecule has 0 unspecified atom stereocenters. The molecule has 0 fully saturated rings. The maximum Gasteiger partial charge on any atom is 0.408 e. The molecule has 7 nitrogen and oxygen atoms in total. The third kappa shape index (κ3) is 4.99. The lowest BCUT2D eigenvalue weighted by molar-refractivity contribution is -0.143. The number of benzene rings is 1. The molecule has 152 valence electrons. The molecule has 29 heavy (non-hydrogen) atoms. The van der Waals surface area contributed by atoms with Crippen LogP contribution < -0.4 is 10.3 Å². The quantitative estimate of drug-likeness (QED) is 0.624. The van der Waals surface area contributed by atoms with Crippen LogP contribution in [0.25, 0.3) is 11.1 Å². The summed E-state index contributed by atoms with van der Waals surface area (Å²) in [6, 6.07) is 8.48. The van der Waals surface area contributed by atoms with Crippen LogP contribution >= 0.6 is 0 Å². The van der Waals surface area contributed by atoms with Crippen LogP contribution in [-0.2, 0) is 16.4 Å². The average Bonchev–Trinajstić information content (AvgIpc) is 2.64. The zero-order chi connectivity index (χ0) is 21.2. The van der Waals surface area contributed by atoms with Crippen LogP contribution in [0.4, 0.5) is 13.2 Å². The van der Waals surface area contributed by atoms with E-state index in [1.807, 2.05) is 0 Å². The van der Waals surface area contributed by atoms with Crippen LogP contribution in [0.15, 0.2) is 64.7 Å². The standard InChI is InChI=1S/C18H14F3N3O4S/c1-29(26,27)14-6-4-12(5-7-14)15-10-23-24(11-18(19,20)21)17(25)16(15)28-13-3-2-8-22-9-13/h2-10H,11H2,1H3. The summed E-state index contributed by atoms with van der Waals surface area (Å²) >= 11 is 0. The summed E-state index contributed by atoms with van der Waals surface area (Å²) < 4.78 is 67.3. The van der Waals surface area contributed by atoms with E-state index in [0.717, 1.165) is 12.5 Å². The number of ether oxygens (including phenoxy) is 1. The lowest BCUT2D eigenvalue weighted by atomic mass is 10.1. The second-order valence-corrected chi connectivity index (χ2v) is 8.07. The van der Waals surface area contributed by atoms with Gasteiger partial charge < -0.3 is 4.74 Å². The number of halogens is 3. The third-order valence-corrected chi connectivity index (χ3v) is 4.90. The Morgan fingerprint density at radius 3 is 2.34 bits per heavy atom. The second-order valence-electron chi connectivity index (χ2n) is 6.05. The fourth-order valence-electron chi connectivity index (χ4n) is 2.46. The molecule has 2 heterocycles. The summed E-state index contributed by atoms with van der Waals surface area (Å²) in [6.07, 6.45) is 0.213. The first-order valence-electron chi connectivity index (χ1n) is 8.10. The van der Waals surface area contributed by atoms with Crippen LogP contribution in [0.3, 0.4) is 0 Å². The van der Waals surface area contributed by atoms with Crippen LogP contribution in [-0.4, -0.2) is 35.6 Å². The average molecular weight is 425 g/mol. The number of aromatic nitrogens is 3. The molecule has 0 aliphatic carbocycles. The van der Waals surface area contributed by atoms with Gasteiger partial charge in [-0.1, -0.05) is 12.1 Å². The van der Waals surface area contributed by atoms with Crippen LogP contribution in [0, 0.1) is 0 Å². The highest BCUT2D eigenvalue weighted by atomic mass is 32.2. The zero-order valence-corrected chi connectivity index (χ0v) is 15.7. The second kappa shape index (κ2) is 7.66. The Balaban J connectivity index is 2.13. The number of hydrogen-bond donors (Lipinski definition) is 0. The molecule has 1 aromatic carbocycles. The minimum absolute atomic E-state index is 0.0503. The predicted molar refractivity (Wildman–Crippen MR) is 97.4 cm³/mol. The van der Waals surface area contributed by atoms with Crippen molar-refractivity contribution in [2.24, 2.45) is 0 Å². The van der Waals surface area contributed by atoms with Crippen molar-refractivity contribution in [2.45, 2.75) is 17.6 Å². The van der Waals surface area contributed by atoms with Gasteiger partial charge in [0.1, 0.15) is 12.3 Å². The van der Waals surface area contributed by atoms with Crippen LogP contribution in [0.2, 0.25) is 0 Å². The van der Waals surface area contributed by atoms with Gasteiger partial charge in [0.25, 0.3) is 0 Å². The molecule has 3 aromatic rings. The van der Waals surface area contributed by atoms with Crippen molar-refractivity contribution in [1.29, 1.82) is 0 Å². The Kier molecular flexibility index (Phi) is 5.42. The van der Waals surface area contributed by atoms with Crippen molar-refractivity contribution in [3.63, 3.8) is 0 Å². The minimum Gasteiger partial charge on any atom is -0.449 e. The summed E-state index contributed by atoms with van der Waals surface area (Å²) in [5.74, 6) is -0.243. The van der Waals surface area contributed by atoms with E-state index in [0.29, 0.717) is 5.56 Å². The van der Waals surface area contributed by atoms with E-state index in [2.05, 4.69) is 10.1 Å². The lowest BCUT2D eigenvalue weighted by Gasteiger charge is -2.14. The summed E-state index contributed by atoms with van der Waals surface area (Å²) in [5, 5.41) is 3.58. The number of nitrogens with zero attached hydrogens (tertiary/aromatic N) is 3. The van der Waals surface area contributed by atoms with E-state index in [4.69, 9.17) is 4.74 Å². The smallest absolute Gasteiger partial charge is 0.408 e. The molecule has 0 saturated heterocycles. The molecule has 0 N–H and O–H groups in total. The van der Waals surface area contributed by atoms with Gasteiger partial charge in [-0.3, -0.25) is 9.78 Å². The molecule has 3 rings (SSSR count). The van der Waals surface area contributed by atoms with E-state index in [1.54, 1.807) is 0 Å². The van der Waals surface area contributed by atoms with E-state index >= 15 is 0 Å². The Morgan fingerprint density at radius 1 is 1.10 bits per heavy atom. The van der Waals surface area contributed by atoms with Crippen molar-refractivity contribution < 1.29 is 26.3 Å². The number of alkyl halides is 3. The predicted octanol–water partition coefficient (Wildman–Crippen LogP) is 3.06. The van der Waals surface area contributed by atoms with Gasteiger partial charge in [-0.15, -0.1) is 0 Å². The van der Waals surface area contributed by atoms with Crippen molar-refractivity contribution in [3.8, 4) is 22.6 Å². The van der Waals surface area contributed by atoms with E-state index < -0.39 is 28.1 Å². The van der Waals surface area contributed by atoms with Crippen molar-refractivity contribution in [1.82, 2.24) is 14.8 Å². The van der Waals surface area contributed by atoms with Gasteiger partial charge in [-0.25, -0.2) is 13.1 Å². The highest BCUT2D eigenvalue weighted by molar-refractivity contribution is 7.90. The molecular formula is C18H14F3N3O4S. The van der Waals surface area contributed by atoms with Gasteiger partial charge in [-0.05, 0) is 29.8 Å². The molecule has 0 bridgehead atoms. The number of hydrogen-bond acceptors (Lipinski definition) is 6. The molecule has 0 atom stereocenters. The highest BCUT2D eigenvalue weighted by Crippen LogP contribution is 2.30. The Morgan fingerprint density at radius 2 is 1.79 bits per heavy atom. The Labute approximate surface area is 163 Å². The van der Waals surface area contributed by atoms with Crippen LogP contribution in [0.5, 0.6) is 11.5 Å². The maximum absolute atomic E-state index is 12.8. The fraction of sp³-hybridized carbons (Fsp3) is 0.167. The van der Waals surface area contributed by atoms with E-state index in [1.165, 1.54) is 48.8 Å². The minimum atomic E-state index is -4.65. The van der Waals surface area contributed by atoms with Gasteiger partial charge >= 0.3 is 11.7 Å². The first kappa shape index (κ1) is 20.5. The normalized spacial score (nSPS) is 12.0. The topological polar surface area (TPSA) is 91.2 Å². The molecular weight excluding hydrogens is 411 g/mol. The Bertz CT molecular complexity index is 1180.